The number of hydrogen-bond donors (Lipinski definition) is 2. The number of amides is 1. The first-order chi connectivity index (χ1) is 9.22. The summed E-state index contributed by atoms with van der Waals surface area (Å²) in [5, 5.41) is 12.4. The van der Waals surface area contributed by atoms with Crippen LogP contribution in [0.5, 0.6) is 0 Å². The van der Waals surface area contributed by atoms with Gasteiger partial charge in [0.05, 0.1) is 23.2 Å². The first-order valence-electron chi connectivity index (χ1n) is 5.78. The number of benzene rings is 1. The number of hydrogen-bond acceptors (Lipinski definition) is 3. The first-order valence-corrected chi connectivity index (χ1v) is 6.16. The molecule has 1 amide bonds. The molecule has 0 saturated heterocycles. The SMILES string of the molecule is O=C(N[C@H](CO)c1ccccc1)c1cnccc1Cl. The van der Waals surface area contributed by atoms with Gasteiger partial charge in [-0.25, -0.2) is 0 Å². The largest absolute Gasteiger partial charge is 0.394 e. The van der Waals surface area contributed by atoms with Crippen molar-refractivity contribution in [2.45, 2.75) is 6.04 Å². The maximum atomic E-state index is 12.1. The van der Waals surface area contributed by atoms with Crippen LogP contribution in [0, 0.1) is 0 Å². The zero-order valence-electron chi connectivity index (χ0n) is 10.1. The van der Waals surface area contributed by atoms with Crippen molar-refractivity contribution in [1.29, 1.82) is 0 Å². The third-order valence-electron chi connectivity index (χ3n) is 2.70. The van der Waals surface area contributed by atoms with Crippen molar-refractivity contribution >= 4 is 17.5 Å². The number of carbonyl (C=O) groups is 1. The molecule has 0 saturated carbocycles. The summed E-state index contributed by atoms with van der Waals surface area (Å²) in [6.45, 7) is -0.187. The van der Waals surface area contributed by atoms with E-state index >= 15 is 0 Å². The fourth-order valence-electron chi connectivity index (χ4n) is 1.70. The minimum Gasteiger partial charge on any atom is -0.394 e. The van der Waals surface area contributed by atoms with E-state index in [4.69, 9.17) is 11.6 Å². The van der Waals surface area contributed by atoms with E-state index < -0.39 is 6.04 Å². The van der Waals surface area contributed by atoms with E-state index in [1.807, 2.05) is 30.3 Å². The Morgan fingerprint density at radius 3 is 2.68 bits per heavy atom. The van der Waals surface area contributed by atoms with Gasteiger partial charge in [0, 0.05) is 12.4 Å². The predicted octanol–water partition coefficient (Wildman–Crippen LogP) is 2.20. The molecule has 5 heteroatoms. The van der Waals surface area contributed by atoms with E-state index in [0.29, 0.717) is 10.6 Å². The fourth-order valence-corrected chi connectivity index (χ4v) is 1.89. The molecule has 0 aliphatic carbocycles. The lowest BCUT2D eigenvalue weighted by molar-refractivity contribution is 0.0916. The van der Waals surface area contributed by atoms with Gasteiger partial charge in [-0.1, -0.05) is 41.9 Å². The minimum atomic E-state index is -0.468. The smallest absolute Gasteiger partial charge is 0.254 e. The second kappa shape index (κ2) is 6.31. The molecule has 19 heavy (non-hydrogen) atoms. The Labute approximate surface area is 116 Å². The number of halogens is 1. The Kier molecular flexibility index (Phi) is 4.49. The average Bonchev–Trinajstić information content (AvgIpc) is 2.46. The van der Waals surface area contributed by atoms with Crippen molar-refractivity contribution in [1.82, 2.24) is 10.3 Å². The number of nitrogens with zero attached hydrogens (tertiary/aromatic N) is 1. The standard InChI is InChI=1S/C14H13ClN2O2/c15-12-6-7-16-8-11(12)14(19)17-13(9-18)10-4-2-1-3-5-10/h1-8,13,18H,9H2,(H,17,19)/t13-/m1/s1. The number of carbonyl (C=O) groups excluding carboxylic acids is 1. The molecule has 1 atom stereocenters. The molecule has 1 aromatic carbocycles. The van der Waals surface area contributed by atoms with E-state index in [-0.39, 0.29) is 12.5 Å². The third-order valence-corrected chi connectivity index (χ3v) is 3.03. The third kappa shape index (κ3) is 3.30. The molecular weight excluding hydrogens is 264 g/mol. The molecule has 0 unspecified atom stereocenters. The highest BCUT2D eigenvalue weighted by Gasteiger charge is 2.16. The zero-order chi connectivity index (χ0) is 13.7. The molecule has 0 fully saturated rings. The Hall–Kier alpha value is -1.91. The quantitative estimate of drug-likeness (QED) is 0.900. The molecule has 0 bridgehead atoms. The highest BCUT2D eigenvalue weighted by molar-refractivity contribution is 6.33. The molecule has 2 rings (SSSR count). The topological polar surface area (TPSA) is 62.2 Å². The van der Waals surface area contributed by atoms with Crippen LogP contribution in [0.2, 0.25) is 5.02 Å². The average molecular weight is 277 g/mol. The molecule has 0 radical (unpaired) electrons. The summed E-state index contributed by atoms with van der Waals surface area (Å²) in [5.41, 5.74) is 1.12. The Bertz CT molecular complexity index is 560. The van der Waals surface area contributed by atoms with Crippen LogP contribution < -0.4 is 5.32 Å². The summed E-state index contributed by atoms with van der Waals surface area (Å²) in [4.78, 5) is 15.9. The van der Waals surface area contributed by atoms with Crippen molar-refractivity contribution in [3.8, 4) is 0 Å². The van der Waals surface area contributed by atoms with Crippen LogP contribution in [-0.2, 0) is 0 Å². The lowest BCUT2D eigenvalue weighted by Gasteiger charge is -2.16. The summed E-state index contributed by atoms with van der Waals surface area (Å²) >= 11 is 5.93. The van der Waals surface area contributed by atoms with Gasteiger partial charge in [0.15, 0.2) is 0 Å². The molecule has 1 heterocycles. The van der Waals surface area contributed by atoms with Crippen LogP contribution in [0.4, 0.5) is 0 Å². The van der Waals surface area contributed by atoms with Gasteiger partial charge < -0.3 is 10.4 Å². The van der Waals surface area contributed by atoms with Gasteiger partial charge in [0.1, 0.15) is 0 Å². The second-order valence-electron chi connectivity index (χ2n) is 3.97. The Balaban J connectivity index is 2.16. The van der Waals surface area contributed by atoms with Crippen molar-refractivity contribution in [3.63, 3.8) is 0 Å². The van der Waals surface area contributed by atoms with E-state index in [2.05, 4.69) is 10.3 Å². The van der Waals surface area contributed by atoms with Crippen LogP contribution in [-0.4, -0.2) is 22.6 Å². The van der Waals surface area contributed by atoms with E-state index in [9.17, 15) is 9.90 Å². The highest BCUT2D eigenvalue weighted by atomic mass is 35.5. The minimum absolute atomic E-state index is 0.187. The summed E-state index contributed by atoms with van der Waals surface area (Å²) in [5.74, 6) is -0.360. The zero-order valence-corrected chi connectivity index (χ0v) is 10.8. The maximum Gasteiger partial charge on any atom is 0.254 e. The molecule has 1 aromatic heterocycles. The molecular formula is C14H13ClN2O2. The monoisotopic (exact) mass is 276 g/mol. The van der Waals surface area contributed by atoms with Gasteiger partial charge in [-0.2, -0.15) is 0 Å². The van der Waals surface area contributed by atoms with Crippen molar-refractivity contribution < 1.29 is 9.90 Å². The predicted molar refractivity (Wildman–Crippen MR) is 73.0 cm³/mol. The molecule has 0 aliphatic heterocycles. The first kappa shape index (κ1) is 13.5. The van der Waals surface area contributed by atoms with Gasteiger partial charge in [-0.15, -0.1) is 0 Å². The van der Waals surface area contributed by atoms with Crippen molar-refractivity contribution in [2.75, 3.05) is 6.61 Å². The lowest BCUT2D eigenvalue weighted by atomic mass is 10.1. The number of nitrogens with one attached hydrogen (secondary N) is 1. The number of aromatic nitrogens is 1. The second-order valence-corrected chi connectivity index (χ2v) is 4.38. The summed E-state index contributed by atoms with van der Waals surface area (Å²) < 4.78 is 0. The van der Waals surface area contributed by atoms with Crippen molar-refractivity contribution in [2.24, 2.45) is 0 Å². The van der Waals surface area contributed by atoms with Crippen LogP contribution >= 0.6 is 11.6 Å². The number of rotatable bonds is 4. The molecule has 0 aliphatic rings. The molecule has 2 N–H and O–H groups in total. The summed E-state index contributed by atoms with van der Waals surface area (Å²) in [7, 11) is 0. The number of pyridine rings is 1. The maximum absolute atomic E-state index is 12.1. The van der Waals surface area contributed by atoms with Gasteiger partial charge in [-0.3, -0.25) is 9.78 Å². The summed E-state index contributed by atoms with van der Waals surface area (Å²) in [6.07, 6.45) is 2.91. The Morgan fingerprint density at radius 2 is 2.05 bits per heavy atom. The van der Waals surface area contributed by atoms with E-state index in [1.54, 1.807) is 6.07 Å². The fraction of sp³-hybridized carbons (Fsp3) is 0.143. The van der Waals surface area contributed by atoms with Gasteiger partial charge in [0.25, 0.3) is 5.91 Å². The van der Waals surface area contributed by atoms with Crippen LogP contribution in [0.15, 0.2) is 48.8 Å². The van der Waals surface area contributed by atoms with Crippen molar-refractivity contribution in [3.05, 3.63) is 64.9 Å². The van der Waals surface area contributed by atoms with E-state index in [1.165, 1.54) is 12.4 Å². The van der Waals surface area contributed by atoms with Gasteiger partial charge in [-0.05, 0) is 11.6 Å². The number of aliphatic hydroxyl groups is 1. The lowest BCUT2D eigenvalue weighted by Crippen LogP contribution is -2.31. The highest BCUT2D eigenvalue weighted by Crippen LogP contribution is 2.16. The Morgan fingerprint density at radius 1 is 1.32 bits per heavy atom. The van der Waals surface area contributed by atoms with E-state index in [0.717, 1.165) is 5.56 Å². The van der Waals surface area contributed by atoms with Crippen LogP contribution in [0.3, 0.4) is 0 Å². The van der Waals surface area contributed by atoms with Crippen LogP contribution in [0.25, 0.3) is 0 Å². The van der Waals surface area contributed by atoms with Gasteiger partial charge in [0.2, 0.25) is 0 Å². The van der Waals surface area contributed by atoms with Crippen LogP contribution in [0.1, 0.15) is 22.0 Å². The van der Waals surface area contributed by atoms with Gasteiger partial charge >= 0.3 is 0 Å². The molecule has 0 spiro atoms. The normalized spacial score (nSPS) is 11.9. The molecule has 2 aromatic rings. The number of aliphatic hydroxyl groups excluding tert-OH is 1. The molecule has 4 nitrogen and oxygen atoms in total. The summed E-state index contributed by atoms with van der Waals surface area (Å²) in [6, 6.07) is 10.3. The molecule has 98 valence electrons.